The van der Waals surface area contributed by atoms with Crippen LogP contribution in [0.1, 0.15) is 31.2 Å². The molecule has 0 aliphatic carbocycles. The molecule has 19 heavy (non-hydrogen) atoms. The highest BCUT2D eigenvalue weighted by Crippen LogP contribution is 2.24. The standard InChI is InChI=1S/C14H16ClN3.ClH/c1-18-8-4-2-3-5-14(18)17-13-7-6-12(15)9-11(13)10-16;/h6-7,9H,2-5,8H2,1H3;1H. The lowest BCUT2D eigenvalue weighted by Gasteiger charge is -2.18. The van der Waals surface area contributed by atoms with Gasteiger partial charge in [0.05, 0.1) is 11.3 Å². The number of rotatable bonds is 1. The second kappa shape index (κ2) is 7.37. The highest BCUT2D eigenvalue weighted by atomic mass is 35.5. The van der Waals surface area contributed by atoms with Crippen LogP contribution in [0, 0.1) is 11.3 Å². The summed E-state index contributed by atoms with van der Waals surface area (Å²) in [5.41, 5.74) is 1.25. The fourth-order valence-electron chi connectivity index (χ4n) is 2.10. The minimum absolute atomic E-state index is 0. The summed E-state index contributed by atoms with van der Waals surface area (Å²) in [7, 11) is 2.06. The van der Waals surface area contributed by atoms with E-state index >= 15 is 0 Å². The van der Waals surface area contributed by atoms with Crippen molar-refractivity contribution >= 4 is 35.5 Å². The fraction of sp³-hybridized carbons (Fsp3) is 0.429. The van der Waals surface area contributed by atoms with Gasteiger partial charge in [-0.3, -0.25) is 0 Å². The molecule has 3 nitrogen and oxygen atoms in total. The van der Waals surface area contributed by atoms with Gasteiger partial charge in [0.1, 0.15) is 11.9 Å². The van der Waals surface area contributed by atoms with Crippen molar-refractivity contribution < 1.29 is 0 Å². The Morgan fingerprint density at radius 1 is 1.32 bits per heavy atom. The van der Waals surface area contributed by atoms with Gasteiger partial charge >= 0.3 is 0 Å². The molecule has 1 aliphatic rings. The molecule has 0 unspecified atom stereocenters. The van der Waals surface area contributed by atoms with Crippen LogP contribution in [0.3, 0.4) is 0 Å². The zero-order valence-corrected chi connectivity index (χ0v) is 12.5. The van der Waals surface area contributed by atoms with Crippen molar-refractivity contribution in [3.05, 3.63) is 28.8 Å². The maximum absolute atomic E-state index is 9.10. The van der Waals surface area contributed by atoms with Crippen molar-refractivity contribution in [3.8, 4) is 6.07 Å². The van der Waals surface area contributed by atoms with Crippen LogP contribution in [-0.4, -0.2) is 24.3 Å². The third-order valence-corrected chi connectivity index (χ3v) is 3.40. The first kappa shape index (κ1) is 15.8. The van der Waals surface area contributed by atoms with E-state index in [2.05, 4.69) is 23.0 Å². The van der Waals surface area contributed by atoms with Crippen LogP contribution < -0.4 is 0 Å². The van der Waals surface area contributed by atoms with Gasteiger partial charge < -0.3 is 4.90 Å². The molecule has 1 fully saturated rings. The molecule has 0 N–H and O–H groups in total. The molecule has 0 aromatic heterocycles. The monoisotopic (exact) mass is 297 g/mol. The molecule has 1 heterocycles. The van der Waals surface area contributed by atoms with E-state index in [0.29, 0.717) is 16.3 Å². The number of likely N-dealkylation sites (tertiary alicyclic amines) is 1. The van der Waals surface area contributed by atoms with Gasteiger partial charge in [0.25, 0.3) is 0 Å². The van der Waals surface area contributed by atoms with Crippen molar-refractivity contribution in [3.63, 3.8) is 0 Å². The topological polar surface area (TPSA) is 39.4 Å². The SMILES string of the molecule is CN1CCCCCC1=Nc1ccc(Cl)cc1C#N.Cl. The lowest BCUT2D eigenvalue weighted by Crippen LogP contribution is -2.25. The zero-order chi connectivity index (χ0) is 13.0. The maximum Gasteiger partial charge on any atom is 0.105 e. The normalized spacial score (nSPS) is 17.5. The molecule has 0 amide bonds. The number of halogens is 2. The maximum atomic E-state index is 9.10. The summed E-state index contributed by atoms with van der Waals surface area (Å²) >= 11 is 5.88. The van der Waals surface area contributed by atoms with Crippen molar-refractivity contribution in [1.82, 2.24) is 4.90 Å². The van der Waals surface area contributed by atoms with E-state index in [-0.39, 0.29) is 12.4 Å². The van der Waals surface area contributed by atoms with Crippen molar-refractivity contribution in [2.24, 2.45) is 4.99 Å². The van der Waals surface area contributed by atoms with Gasteiger partial charge in [-0.25, -0.2) is 4.99 Å². The Morgan fingerprint density at radius 3 is 2.84 bits per heavy atom. The second-order valence-electron chi connectivity index (χ2n) is 4.53. The first-order chi connectivity index (χ1) is 8.70. The van der Waals surface area contributed by atoms with Gasteiger partial charge in [0, 0.05) is 25.0 Å². The van der Waals surface area contributed by atoms with Crippen LogP contribution in [0.2, 0.25) is 5.02 Å². The smallest absolute Gasteiger partial charge is 0.105 e. The summed E-state index contributed by atoms with van der Waals surface area (Å²) in [6.45, 7) is 1.04. The van der Waals surface area contributed by atoms with Gasteiger partial charge in [0.2, 0.25) is 0 Å². The Kier molecular flexibility index (Phi) is 6.14. The molecule has 5 heteroatoms. The molecule has 1 aliphatic heterocycles. The quantitative estimate of drug-likeness (QED) is 0.780. The summed E-state index contributed by atoms with van der Waals surface area (Å²) in [6, 6.07) is 7.40. The predicted molar refractivity (Wildman–Crippen MR) is 81.6 cm³/mol. The lowest BCUT2D eigenvalue weighted by molar-refractivity contribution is 0.494. The van der Waals surface area contributed by atoms with E-state index in [1.807, 2.05) is 6.07 Å². The highest BCUT2D eigenvalue weighted by Gasteiger charge is 2.12. The van der Waals surface area contributed by atoms with Gasteiger partial charge in [-0.2, -0.15) is 5.26 Å². The molecule has 1 aromatic rings. The molecule has 0 bridgehead atoms. The van der Waals surface area contributed by atoms with Gasteiger partial charge in [-0.05, 0) is 31.0 Å². The molecular formula is C14H17Cl2N3. The van der Waals surface area contributed by atoms with E-state index in [9.17, 15) is 0 Å². The predicted octanol–water partition coefficient (Wildman–Crippen LogP) is 4.17. The van der Waals surface area contributed by atoms with Crippen LogP contribution in [0.25, 0.3) is 0 Å². The van der Waals surface area contributed by atoms with Crippen molar-refractivity contribution in [2.45, 2.75) is 25.7 Å². The highest BCUT2D eigenvalue weighted by molar-refractivity contribution is 6.30. The summed E-state index contributed by atoms with van der Waals surface area (Å²) < 4.78 is 0. The lowest BCUT2D eigenvalue weighted by atomic mass is 10.2. The summed E-state index contributed by atoms with van der Waals surface area (Å²) in [6.07, 6.45) is 4.60. The van der Waals surface area contributed by atoms with Crippen LogP contribution in [-0.2, 0) is 0 Å². The first-order valence-electron chi connectivity index (χ1n) is 6.19. The summed E-state index contributed by atoms with van der Waals surface area (Å²) in [5.74, 6) is 1.06. The van der Waals surface area contributed by atoms with Crippen molar-refractivity contribution in [2.75, 3.05) is 13.6 Å². The number of nitrogens with zero attached hydrogens (tertiary/aromatic N) is 3. The third kappa shape index (κ3) is 4.12. The molecule has 1 aromatic carbocycles. The molecule has 0 radical (unpaired) electrons. The average Bonchev–Trinajstić information content (AvgIpc) is 2.57. The Hall–Kier alpha value is -1.24. The largest absolute Gasteiger partial charge is 0.363 e. The molecule has 0 atom stereocenters. The number of benzene rings is 1. The van der Waals surface area contributed by atoms with Gasteiger partial charge in [0.15, 0.2) is 0 Å². The van der Waals surface area contributed by atoms with Crippen molar-refractivity contribution in [1.29, 1.82) is 5.26 Å². The minimum Gasteiger partial charge on any atom is -0.363 e. The minimum atomic E-state index is 0. The van der Waals surface area contributed by atoms with Crippen LogP contribution in [0.4, 0.5) is 5.69 Å². The number of hydrogen-bond acceptors (Lipinski definition) is 2. The third-order valence-electron chi connectivity index (χ3n) is 3.16. The summed E-state index contributed by atoms with van der Waals surface area (Å²) in [5, 5.41) is 9.68. The van der Waals surface area contributed by atoms with Crippen LogP contribution in [0.15, 0.2) is 23.2 Å². The molecule has 1 saturated heterocycles. The average molecular weight is 298 g/mol. The Morgan fingerprint density at radius 2 is 2.11 bits per heavy atom. The Balaban J connectivity index is 0.00000180. The van der Waals surface area contributed by atoms with Crippen LogP contribution in [0.5, 0.6) is 0 Å². The Labute approximate surface area is 125 Å². The summed E-state index contributed by atoms with van der Waals surface area (Å²) in [4.78, 5) is 6.82. The number of hydrogen-bond donors (Lipinski definition) is 0. The molecule has 2 rings (SSSR count). The van der Waals surface area contributed by atoms with Crippen LogP contribution >= 0.6 is 24.0 Å². The second-order valence-corrected chi connectivity index (χ2v) is 4.97. The number of aliphatic imine (C=N–C) groups is 1. The molecule has 0 spiro atoms. The van der Waals surface area contributed by atoms with Gasteiger partial charge in [-0.1, -0.05) is 18.0 Å². The van der Waals surface area contributed by atoms with E-state index in [1.54, 1.807) is 12.1 Å². The Bertz CT molecular complexity index is 506. The van der Waals surface area contributed by atoms with E-state index in [1.165, 1.54) is 19.3 Å². The van der Waals surface area contributed by atoms with Gasteiger partial charge in [-0.15, -0.1) is 12.4 Å². The fourth-order valence-corrected chi connectivity index (χ4v) is 2.28. The number of nitriles is 1. The number of amidine groups is 1. The first-order valence-corrected chi connectivity index (χ1v) is 6.57. The van der Waals surface area contributed by atoms with E-state index < -0.39 is 0 Å². The molecule has 0 saturated carbocycles. The van der Waals surface area contributed by atoms with E-state index in [4.69, 9.17) is 16.9 Å². The zero-order valence-electron chi connectivity index (χ0n) is 10.9. The molecular weight excluding hydrogens is 281 g/mol. The van der Waals surface area contributed by atoms with E-state index in [0.717, 1.165) is 18.8 Å². The molecule has 102 valence electrons.